The first-order valence-electron chi connectivity index (χ1n) is 6.39. The van der Waals surface area contributed by atoms with Gasteiger partial charge in [0.25, 0.3) is 0 Å². The van der Waals surface area contributed by atoms with E-state index >= 15 is 0 Å². The van der Waals surface area contributed by atoms with Crippen LogP contribution in [0.4, 0.5) is 4.79 Å². The highest BCUT2D eigenvalue weighted by atomic mass is 16.4. The molecular weight excluding hydrogens is 248 g/mol. The van der Waals surface area contributed by atoms with Crippen molar-refractivity contribution in [1.82, 2.24) is 20.6 Å². The van der Waals surface area contributed by atoms with Crippen molar-refractivity contribution < 1.29 is 14.7 Å². The summed E-state index contributed by atoms with van der Waals surface area (Å²) < 4.78 is 0. The molecule has 1 aromatic heterocycles. The number of hydrogen-bond acceptors (Lipinski definition) is 3. The Morgan fingerprint density at radius 1 is 1.53 bits per heavy atom. The van der Waals surface area contributed by atoms with Crippen molar-refractivity contribution >= 4 is 12.0 Å². The zero-order chi connectivity index (χ0) is 13.7. The fourth-order valence-corrected chi connectivity index (χ4v) is 1.82. The van der Waals surface area contributed by atoms with Crippen LogP contribution in [0.3, 0.4) is 0 Å². The summed E-state index contributed by atoms with van der Waals surface area (Å²) in [6.07, 6.45) is 6.64. The van der Waals surface area contributed by atoms with Gasteiger partial charge >= 0.3 is 12.0 Å². The Balaban J connectivity index is 1.74. The molecular formula is C12H18N4O3. The Morgan fingerprint density at radius 2 is 2.32 bits per heavy atom. The van der Waals surface area contributed by atoms with Gasteiger partial charge < -0.3 is 20.7 Å². The van der Waals surface area contributed by atoms with E-state index in [0.29, 0.717) is 12.2 Å². The predicted octanol–water partition coefficient (Wildman–Crippen LogP) is 0.505. The highest BCUT2D eigenvalue weighted by molar-refractivity contribution is 5.82. The van der Waals surface area contributed by atoms with Crippen molar-refractivity contribution in [3.63, 3.8) is 0 Å². The summed E-state index contributed by atoms with van der Waals surface area (Å²) in [4.78, 5) is 29.3. The third-order valence-corrected chi connectivity index (χ3v) is 3.12. The number of carboxylic acid groups (broad SMARTS) is 1. The number of rotatable bonds is 7. The molecule has 1 aliphatic carbocycles. The lowest BCUT2D eigenvalue weighted by atomic mass is 10.2. The molecule has 7 nitrogen and oxygen atoms in total. The maximum Gasteiger partial charge on any atom is 0.326 e. The Labute approximate surface area is 110 Å². The van der Waals surface area contributed by atoms with Crippen molar-refractivity contribution in [3.05, 3.63) is 18.2 Å². The summed E-state index contributed by atoms with van der Waals surface area (Å²) in [5.74, 6) is -0.326. The molecule has 1 atom stereocenters. The van der Waals surface area contributed by atoms with Gasteiger partial charge in [0.2, 0.25) is 0 Å². The van der Waals surface area contributed by atoms with Crippen LogP contribution >= 0.6 is 0 Å². The van der Waals surface area contributed by atoms with Gasteiger partial charge in [-0.2, -0.15) is 0 Å². The molecule has 1 saturated carbocycles. The van der Waals surface area contributed by atoms with Gasteiger partial charge in [0.1, 0.15) is 6.04 Å². The lowest BCUT2D eigenvalue weighted by molar-refractivity contribution is -0.139. The van der Waals surface area contributed by atoms with E-state index < -0.39 is 18.0 Å². The monoisotopic (exact) mass is 266 g/mol. The number of nitrogens with one attached hydrogen (secondary N) is 3. The molecule has 104 valence electrons. The molecule has 0 aliphatic heterocycles. The SMILES string of the molecule is O=C(NCCC1CC1)N[C@H](Cc1cnc[nH]1)C(=O)O. The largest absolute Gasteiger partial charge is 0.480 e. The van der Waals surface area contributed by atoms with E-state index in [9.17, 15) is 9.59 Å². The van der Waals surface area contributed by atoms with Crippen molar-refractivity contribution in [2.45, 2.75) is 31.7 Å². The number of aromatic nitrogens is 2. The van der Waals surface area contributed by atoms with Crippen molar-refractivity contribution in [1.29, 1.82) is 0 Å². The van der Waals surface area contributed by atoms with Gasteiger partial charge in [0.15, 0.2) is 0 Å². The number of nitrogens with zero attached hydrogens (tertiary/aromatic N) is 1. The number of urea groups is 1. The Kier molecular flexibility index (Phi) is 4.38. The zero-order valence-corrected chi connectivity index (χ0v) is 10.6. The summed E-state index contributed by atoms with van der Waals surface area (Å²) in [5, 5.41) is 14.2. The topological polar surface area (TPSA) is 107 Å². The second-order valence-electron chi connectivity index (χ2n) is 4.80. The number of aromatic amines is 1. The number of aliphatic carboxylic acids is 1. The molecule has 1 aromatic rings. The maximum atomic E-state index is 11.6. The van der Waals surface area contributed by atoms with Gasteiger partial charge in [-0.1, -0.05) is 12.8 Å². The predicted molar refractivity (Wildman–Crippen MR) is 67.6 cm³/mol. The summed E-state index contributed by atoms with van der Waals surface area (Å²) in [7, 11) is 0. The number of carbonyl (C=O) groups is 2. The Hall–Kier alpha value is -2.05. The average Bonchev–Trinajstić information content (AvgIpc) is 3.03. The van der Waals surface area contributed by atoms with Crippen molar-refractivity contribution in [2.75, 3.05) is 6.54 Å². The van der Waals surface area contributed by atoms with Gasteiger partial charge in [-0.05, 0) is 12.3 Å². The lowest BCUT2D eigenvalue weighted by Crippen LogP contribution is -2.47. The number of carbonyl (C=O) groups excluding carboxylic acids is 1. The van der Waals surface area contributed by atoms with E-state index in [-0.39, 0.29) is 6.42 Å². The van der Waals surface area contributed by atoms with Gasteiger partial charge in [0.05, 0.1) is 6.33 Å². The highest BCUT2D eigenvalue weighted by Crippen LogP contribution is 2.31. The molecule has 0 radical (unpaired) electrons. The molecule has 0 unspecified atom stereocenters. The number of H-pyrrole nitrogens is 1. The molecule has 0 saturated heterocycles. The van der Waals surface area contributed by atoms with Gasteiger partial charge in [-0.15, -0.1) is 0 Å². The highest BCUT2D eigenvalue weighted by Gasteiger charge is 2.22. The normalized spacial score (nSPS) is 15.8. The number of hydrogen-bond donors (Lipinski definition) is 4. The quantitative estimate of drug-likeness (QED) is 0.576. The van der Waals surface area contributed by atoms with E-state index in [0.717, 1.165) is 12.3 Å². The minimum Gasteiger partial charge on any atom is -0.480 e. The van der Waals surface area contributed by atoms with Crippen LogP contribution in [0.1, 0.15) is 25.0 Å². The second-order valence-corrected chi connectivity index (χ2v) is 4.80. The first-order chi connectivity index (χ1) is 9.15. The first kappa shape index (κ1) is 13.4. The summed E-state index contributed by atoms with van der Waals surface area (Å²) >= 11 is 0. The molecule has 0 bridgehead atoms. The molecule has 19 heavy (non-hydrogen) atoms. The fourth-order valence-electron chi connectivity index (χ4n) is 1.82. The van der Waals surface area contributed by atoms with Gasteiger partial charge in [-0.3, -0.25) is 0 Å². The Bertz CT molecular complexity index is 428. The number of carboxylic acids is 1. The molecule has 0 aromatic carbocycles. The number of amides is 2. The number of imidazole rings is 1. The maximum absolute atomic E-state index is 11.6. The van der Waals surface area contributed by atoms with E-state index in [4.69, 9.17) is 5.11 Å². The van der Waals surface area contributed by atoms with Crippen LogP contribution in [0.15, 0.2) is 12.5 Å². The third kappa shape index (κ3) is 4.61. The second kappa shape index (κ2) is 6.21. The van der Waals surface area contributed by atoms with Gasteiger partial charge in [0, 0.05) is 24.9 Å². The molecule has 4 N–H and O–H groups in total. The molecule has 2 rings (SSSR count). The summed E-state index contributed by atoms with van der Waals surface area (Å²) in [5.41, 5.74) is 0.672. The fraction of sp³-hybridized carbons (Fsp3) is 0.583. The lowest BCUT2D eigenvalue weighted by Gasteiger charge is -2.14. The minimum atomic E-state index is -1.06. The zero-order valence-electron chi connectivity index (χ0n) is 10.6. The van der Waals surface area contributed by atoms with Crippen molar-refractivity contribution in [3.8, 4) is 0 Å². The summed E-state index contributed by atoms with van der Waals surface area (Å²) in [6, 6.07) is -1.39. The van der Waals surface area contributed by atoms with E-state index in [1.54, 1.807) is 6.20 Å². The van der Waals surface area contributed by atoms with Crippen LogP contribution in [-0.4, -0.2) is 39.7 Å². The average molecular weight is 266 g/mol. The van der Waals surface area contributed by atoms with E-state index in [1.165, 1.54) is 19.2 Å². The smallest absolute Gasteiger partial charge is 0.326 e. The molecule has 1 heterocycles. The molecule has 2 amide bonds. The van der Waals surface area contributed by atoms with E-state index in [1.807, 2.05) is 0 Å². The van der Waals surface area contributed by atoms with Crippen LogP contribution in [0.2, 0.25) is 0 Å². The van der Waals surface area contributed by atoms with Crippen molar-refractivity contribution in [2.24, 2.45) is 5.92 Å². The molecule has 7 heteroatoms. The van der Waals surface area contributed by atoms with Crippen LogP contribution in [0.25, 0.3) is 0 Å². The molecule has 1 fully saturated rings. The minimum absolute atomic E-state index is 0.186. The van der Waals surface area contributed by atoms with E-state index in [2.05, 4.69) is 20.6 Å². The van der Waals surface area contributed by atoms with Crippen LogP contribution < -0.4 is 10.6 Å². The van der Waals surface area contributed by atoms with Crippen LogP contribution in [0.5, 0.6) is 0 Å². The summed E-state index contributed by atoms with van der Waals surface area (Å²) in [6.45, 7) is 0.590. The third-order valence-electron chi connectivity index (χ3n) is 3.12. The van der Waals surface area contributed by atoms with Crippen LogP contribution in [-0.2, 0) is 11.2 Å². The van der Waals surface area contributed by atoms with Crippen LogP contribution in [0, 0.1) is 5.92 Å². The standard InChI is InChI=1S/C12H18N4O3/c17-11(18)10(5-9-6-13-7-15-9)16-12(19)14-4-3-8-1-2-8/h6-8,10H,1-5H2,(H,13,15)(H,17,18)(H2,14,16,19)/t10-/m1/s1. The molecule has 0 spiro atoms. The molecule has 1 aliphatic rings. The first-order valence-corrected chi connectivity index (χ1v) is 6.39. The Morgan fingerprint density at radius 3 is 2.89 bits per heavy atom. The van der Waals surface area contributed by atoms with Gasteiger partial charge in [-0.25, -0.2) is 14.6 Å².